The first-order valence-corrected chi connectivity index (χ1v) is 7.29. The van der Waals surface area contributed by atoms with Crippen molar-refractivity contribution < 1.29 is 4.42 Å². The molecule has 0 aliphatic heterocycles. The highest BCUT2D eigenvalue weighted by molar-refractivity contribution is 5.08. The molecule has 0 amide bonds. The zero-order valence-electron chi connectivity index (χ0n) is 12.0. The Bertz CT molecular complexity index is 370. The van der Waals surface area contributed by atoms with Crippen LogP contribution in [0.5, 0.6) is 0 Å². The molecule has 1 fully saturated rings. The van der Waals surface area contributed by atoms with Crippen LogP contribution in [0.15, 0.2) is 10.6 Å². The highest BCUT2D eigenvalue weighted by Crippen LogP contribution is 2.46. The fourth-order valence-electron chi connectivity index (χ4n) is 2.99. The highest BCUT2D eigenvalue weighted by Gasteiger charge is 2.35. The van der Waals surface area contributed by atoms with Crippen LogP contribution in [0.3, 0.4) is 0 Å². The van der Waals surface area contributed by atoms with Crippen LogP contribution < -0.4 is 5.32 Å². The summed E-state index contributed by atoms with van der Waals surface area (Å²) in [7, 11) is 0. The lowest BCUT2D eigenvalue weighted by Crippen LogP contribution is -2.25. The Morgan fingerprint density at radius 1 is 1.44 bits per heavy atom. The van der Waals surface area contributed by atoms with Gasteiger partial charge < -0.3 is 9.73 Å². The Morgan fingerprint density at radius 3 is 3.00 bits per heavy atom. The second-order valence-corrected chi connectivity index (χ2v) is 6.05. The number of rotatable bonds is 5. The Hall–Kier alpha value is -0.830. The van der Waals surface area contributed by atoms with E-state index in [2.05, 4.69) is 31.1 Å². The van der Waals surface area contributed by atoms with Crippen molar-refractivity contribution >= 4 is 0 Å². The van der Waals surface area contributed by atoms with Gasteiger partial charge in [-0.2, -0.15) is 0 Å². The minimum absolute atomic E-state index is 0.358. The van der Waals surface area contributed by atoms with Gasteiger partial charge in [0, 0.05) is 18.9 Å². The van der Waals surface area contributed by atoms with Gasteiger partial charge in [-0.15, -0.1) is 0 Å². The molecular formula is C15H26N2O. The normalized spacial score (nSPS) is 23.2. The van der Waals surface area contributed by atoms with E-state index in [1.165, 1.54) is 25.7 Å². The second kappa shape index (κ2) is 5.87. The van der Waals surface area contributed by atoms with Gasteiger partial charge in [-0.05, 0) is 24.8 Å². The maximum atomic E-state index is 5.95. The number of hydrogen-bond acceptors (Lipinski definition) is 3. The lowest BCUT2D eigenvalue weighted by molar-refractivity contribution is 0.176. The number of nitrogens with zero attached hydrogens (tertiary/aromatic N) is 1. The average molecular weight is 250 g/mol. The molecule has 0 bridgehead atoms. The van der Waals surface area contributed by atoms with E-state index in [1.54, 1.807) is 0 Å². The molecule has 1 heterocycles. The Labute approximate surface area is 110 Å². The monoisotopic (exact) mass is 250 g/mol. The van der Waals surface area contributed by atoms with Crippen LogP contribution in [-0.2, 0) is 6.42 Å². The summed E-state index contributed by atoms with van der Waals surface area (Å²) in [6.45, 7) is 8.79. The number of likely N-dealkylation sites (N-methyl/N-ethyl adjacent to an activating group) is 1. The van der Waals surface area contributed by atoms with E-state index in [-0.39, 0.29) is 0 Å². The molecule has 1 saturated carbocycles. The maximum absolute atomic E-state index is 5.95. The molecule has 1 unspecified atom stereocenters. The molecule has 1 aliphatic carbocycles. The van der Waals surface area contributed by atoms with Gasteiger partial charge in [0.05, 0.1) is 6.20 Å². The van der Waals surface area contributed by atoms with E-state index in [0.717, 1.165) is 31.2 Å². The van der Waals surface area contributed by atoms with Gasteiger partial charge in [0.25, 0.3) is 0 Å². The van der Waals surface area contributed by atoms with E-state index in [9.17, 15) is 0 Å². The van der Waals surface area contributed by atoms with Gasteiger partial charge in [0.1, 0.15) is 5.76 Å². The van der Waals surface area contributed by atoms with E-state index in [1.807, 2.05) is 6.20 Å². The summed E-state index contributed by atoms with van der Waals surface area (Å²) in [5.74, 6) is 2.53. The van der Waals surface area contributed by atoms with Gasteiger partial charge in [-0.25, -0.2) is 4.98 Å². The average Bonchev–Trinajstić information content (AvgIpc) is 2.77. The van der Waals surface area contributed by atoms with Crippen molar-refractivity contribution in [2.75, 3.05) is 13.1 Å². The molecule has 0 saturated heterocycles. The third-order valence-corrected chi connectivity index (χ3v) is 4.19. The van der Waals surface area contributed by atoms with Crippen LogP contribution in [0.2, 0.25) is 0 Å². The maximum Gasteiger partial charge on any atom is 0.195 e. The molecule has 1 atom stereocenters. The molecule has 3 nitrogen and oxygen atoms in total. The second-order valence-electron chi connectivity index (χ2n) is 6.05. The Balaban J connectivity index is 2.00. The van der Waals surface area contributed by atoms with Crippen LogP contribution >= 0.6 is 0 Å². The molecule has 1 aromatic rings. The SMILES string of the molecule is CCNCCc1ncc(C2CCCCC2(C)C)o1. The van der Waals surface area contributed by atoms with Crippen molar-refractivity contribution in [3.8, 4) is 0 Å². The molecule has 102 valence electrons. The fraction of sp³-hybridized carbons (Fsp3) is 0.800. The van der Waals surface area contributed by atoms with Gasteiger partial charge in [0.2, 0.25) is 0 Å². The summed E-state index contributed by atoms with van der Waals surface area (Å²) in [4.78, 5) is 4.42. The van der Waals surface area contributed by atoms with Crippen molar-refractivity contribution in [3.05, 3.63) is 17.8 Å². The van der Waals surface area contributed by atoms with Crippen molar-refractivity contribution in [3.63, 3.8) is 0 Å². The number of nitrogens with one attached hydrogen (secondary N) is 1. The standard InChI is InChI=1S/C15H26N2O/c1-4-16-10-8-14-17-11-13(18-14)12-7-5-6-9-15(12,2)3/h11-12,16H,4-10H2,1-3H3. The number of aromatic nitrogens is 1. The summed E-state index contributed by atoms with van der Waals surface area (Å²) in [5, 5.41) is 3.30. The minimum atomic E-state index is 0.358. The summed E-state index contributed by atoms with van der Waals surface area (Å²) in [6.07, 6.45) is 8.06. The molecule has 2 rings (SSSR count). The van der Waals surface area contributed by atoms with Crippen LogP contribution in [0.4, 0.5) is 0 Å². The first-order valence-electron chi connectivity index (χ1n) is 7.29. The molecule has 3 heteroatoms. The van der Waals surface area contributed by atoms with Crippen molar-refractivity contribution in [2.45, 2.75) is 58.8 Å². The quantitative estimate of drug-likeness (QED) is 0.813. The molecule has 1 N–H and O–H groups in total. The third-order valence-electron chi connectivity index (χ3n) is 4.19. The first kappa shape index (κ1) is 13.6. The van der Waals surface area contributed by atoms with Crippen molar-refractivity contribution in [1.82, 2.24) is 10.3 Å². The predicted octanol–water partition coefficient (Wildman–Crippen LogP) is 3.51. The zero-order valence-corrected chi connectivity index (χ0v) is 12.0. The third kappa shape index (κ3) is 3.14. The Morgan fingerprint density at radius 2 is 2.28 bits per heavy atom. The topological polar surface area (TPSA) is 38.1 Å². The molecule has 1 aromatic heterocycles. The number of hydrogen-bond donors (Lipinski definition) is 1. The number of oxazole rings is 1. The largest absolute Gasteiger partial charge is 0.445 e. The molecule has 0 aromatic carbocycles. The van der Waals surface area contributed by atoms with Crippen LogP contribution in [0.25, 0.3) is 0 Å². The summed E-state index contributed by atoms with van der Waals surface area (Å²) in [5.41, 5.74) is 0.358. The van der Waals surface area contributed by atoms with Crippen LogP contribution in [0.1, 0.15) is 64.0 Å². The smallest absolute Gasteiger partial charge is 0.195 e. The molecule has 1 aliphatic rings. The van der Waals surface area contributed by atoms with Gasteiger partial charge in [-0.3, -0.25) is 0 Å². The highest BCUT2D eigenvalue weighted by atomic mass is 16.4. The van der Waals surface area contributed by atoms with Crippen molar-refractivity contribution in [2.24, 2.45) is 5.41 Å². The predicted molar refractivity (Wildman–Crippen MR) is 73.7 cm³/mol. The first-order chi connectivity index (χ1) is 8.63. The molecule has 18 heavy (non-hydrogen) atoms. The van der Waals surface area contributed by atoms with Crippen LogP contribution in [-0.4, -0.2) is 18.1 Å². The lowest BCUT2D eigenvalue weighted by atomic mass is 9.68. The van der Waals surface area contributed by atoms with E-state index in [4.69, 9.17) is 4.42 Å². The zero-order chi connectivity index (χ0) is 13.0. The minimum Gasteiger partial charge on any atom is -0.445 e. The van der Waals surface area contributed by atoms with Gasteiger partial charge in [0.15, 0.2) is 5.89 Å². The van der Waals surface area contributed by atoms with E-state index < -0.39 is 0 Å². The van der Waals surface area contributed by atoms with Crippen molar-refractivity contribution in [1.29, 1.82) is 0 Å². The summed E-state index contributed by atoms with van der Waals surface area (Å²) < 4.78 is 5.95. The van der Waals surface area contributed by atoms with Gasteiger partial charge >= 0.3 is 0 Å². The van der Waals surface area contributed by atoms with Gasteiger partial charge in [-0.1, -0.05) is 33.6 Å². The van der Waals surface area contributed by atoms with E-state index in [0.29, 0.717) is 11.3 Å². The summed E-state index contributed by atoms with van der Waals surface area (Å²) in [6, 6.07) is 0. The molecule has 0 radical (unpaired) electrons. The van der Waals surface area contributed by atoms with Crippen LogP contribution in [0, 0.1) is 5.41 Å². The van der Waals surface area contributed by atoms with E-state index >= 15 is 0 Å². The summed E-state index contributed by atoms with van der Waals surface area (Å²) >= 11 is 0. The molecular weight excluding hydrogens is 224 g/mol. The lowest BCUT2D eigenvalue weighted by Gasteiger charge is -2.37. The Kier molecular flexibility index (Phi) is 4.44. The fourth-order valence-corrected chi connectivity index (χ4v) is 2.99. The molecule has 0 spiro atoms.